The van der Waals surface area contributed by atoms with Gasteiger partial charge in [-0.15, -0.1) is 5.10 Å². The molecule has 3 rings (SSSR count). The van der Waals surface area contributed by atoms with Crippen LogP contribution in [-0.4, -0.2) is 31.5 Å². The lowest BCUT2D eigenvalue weighted by Crippen LogP contribution is -2.11. The minimum Gasteiger partial charge on any atom is -0.370 e. The van der Waals surface area contributed by atoms with Crippen LogP contribution in [0.3, 0.4) is 0 Å². The van der Waals surface area contributed by atoms with Gasteiger partial charge in [0.1, 0.15) is 17.7 Å². The molecular formula is C15H18N6. The van der Waals surface area contributed by atoms with Gasteiger partial charge < -0.3 is 5.32 Å². The van der Waals surface area contributed by atoms with E-state index in [1.165, 1.54) is 0 Å². The van der Waals surface area contributed by atoms with Gasteiger partial charge in [0.2, 0.25) is 0 Å². The van der Waals surface area contributed by atoms with Crippen LogP contribution in [0.5, 0.6) is 0 Å². The monoisotopic (exact) mass is 282 g/mol. The van der Waals surface area contributed by atoms with Gasteiger partial charge in [-0.3, -0.25) is 0 Å². The second-order valence-electron chi connectivity index (χ2n) is 4.79. The third-order valence-electron chi connectivity index (χ3n) is 3.32. The van der Waals surface area contributed by atoms with Gasteiger partial charge in [0, 0.05) is 12.1 Å². The van der Waals surface area contributed by atoms with Crippen molar-refractivity contribution in [2.45, 2.75) is 26.7 Å². The zero-order valence-corrected chi connectivity index (χ0v) is 12.2. The first-order valence-electron chi connectivity index (χ1n) is 7.23. The van der Waals surface area contributed by atoms with E-state index in [2.05, 4.69) is 39.4 Å². The summed E-state index contributed by atoms with van der Waals surface area (Å²) in [6.07, 6.45) is 3.49. The zero-order chi connectivity index (χ0) is 14.7. The maximum atomic E-state index is 4.44. The molecule has 0 bridgehead atoms. The second kappa shape index (κ2) is 5.87. The standard InChI is InChI=1S/C15H18N6/c1-3-7-11-14(16-4-2)17-10-18-15(11)21-13-9-6-5-8-12(13)19-20-21/h5-6,8-10H,3-4,7H2,1-2H3,(H,16,17,18). The van der Waals surface area contributed by atoms with Gasteiger partial charge >= 0.3 is 0 Å². The summed E-state index contributed by atoms with van der Waals surface area (Å²) in [6, 6.07) is 7.89. The molecule has 0 unspecified atom stereocenters. The van der Waals surface area contributed by atoms with E-state index in [4.69, 9.17) is 0 Å². The Labute approximate surface area is 123 Å². The smallest absolute Gasteiger partial charge is 0.164 e. The lowest BCUT2D eigenvalue weighted by molar-refractivity contribution is 0.772. The fourth-order valence-electron chi connectivity index (χ4n) is 2.41. The lowest BCUT2D eigenvalue weighted by atomic mass is 10.1. The van der Waals surface area contributed by atoms with Crippen LogP contribution in [0.2, 0.25) is 0 Å². The molecule has 1 N–H and O–H groups in total. The van der Waals surface area contributed by atoms with Gasteiger partial charge in [-0.1, -0.05) is 30.7 Å². The molecule has 6 nitrogen and oxygen atoms in total. The van der Waals surface area contributed by atoms with Crippen molar-refractivity contribution >= 4 is 16.9 Å². The summed E-state index contributed by atoms with van der Waals surface area (Å²) in [6.45, 7) is 5.03. The molecule has 0 radical (unpaired) electrons. The average Bonchev–Trinajstić information content (AvgIpc) is 2.93. The molecule has 2 heterocycles. The van der Waals surface area contributed by atoms with E-state index in [0.29, 0.717) is 0 Å². The van der Waals surface area contributed by atoms with E-state index in [1.807, 2.05) is 24.3 Å². The van der Waals surface area contributed by atoms with Crippen LogP contribution < -0.4 is 5.32 Å². The molecule has 21 heavy (non-hydrogen) atoms. The van der Waals surface area contributed by atoms with Crippen molar-refractivity contribution in [3.63, 3.8) is 0 Å². The molecule has 0 fully saturated rings. The number of anilines is 1. The summed E-state index contributed by atoms with van der Waals surface area (Å²) >= 11 is 0. The first-order valence-corrected chi connectivity index (χ1v) is 7.23. The Balaban J connectivity index is 2.19. The van der Waals surface area contributed by atoms with Gasteiger partial charge in [0.05, 0.1) is 5.52 Å². The lowest BCUT2D eigenvalue weighted by Gasteiger charge is -2.13. The minimum atomic E-state index is 0.802. The number of rotatable bonds is 5. The Kier molecular flexibility index (Phi) is 3.77. The molecule has 1 aromatic carbocycles. The number of aromatic nitrogens is 5. The average molecular weight is 282 g/mol. The summed E-state index contributed by atoms with van der Waals surface area (Å²) in [5.41, 5.74) is 2.90. The minimum absolute atomic E-state index is 0.802. The summed E-state index contributed by atoms with van der Waals surface area (Å²) in [7, 11) is 0. The summed E-state index contributed by atoms with van der Waals surface area (Å²) < 4.78 is 1.79. The SMILES string of the molecule is CCCc1c(NCC)ncnc1-n1nnc2ccccc21. The fourth-order valence-corrected chi connectivity index (χ4v) is 2.41. The van der Waals surface area contributed by atoms with Crippen molar-refractivity contribution < 1.29 is 0 Å². The predicted molar refractivity (Wildman–Crippen MR) is 82.6 cm³/mol. The Morgan fingerprint density at radius 1 is 1.14 bits per heavy atom. The third-order valence-corrected chi connectivity index (χ3v) is 3.32. The van der Waals surface area contributed by atoms with E-state index in [0.717, 1.165) is 47.6 Å². The number of hydrogen-bond donors (Lipinski definition) is 1. The van der Waals surface area contributed by atoms with Crippen molar-refractivity contribution in [1.29, 1.82) is 0 Å². The van der Waals surface area contributed by atoms with E-state index >= 15 is 0 Å². The Morgan fingerprint density at radius 3 is 2.81 bits per heavy atom. The van der Waals surface area contributed by atoms with Crippen LogP contribution in [0.4, 0.5) is 5.82 Å². The summed E-state index contributed by atoms with van der Waals surface area (Å²) in [5.74, 6) is 1.68. The topological polar surface area (TPSA) is 68.5 Å². The highest BCUT2D eigenvalue weighted by Gasteiger charge is 2.15. The first kappa shape index (κ1) is 13.5. The van der Waals surface area contributed by atoms with Crippen LogP contribution in [0.1, 0.15) is 25.8 Å². The van der Waals surface area contributed by atoms with Crippen molar-refractivity contribution in [3.05, 3.63) is 36.2 Å². The molecular weight excluding hydrogens is 264 g/mol. The van der Waals surface area contributed by atoms with E-state index in [1.54, 1.807) is 11.0 Å². The highest BCUT2D eigenvalue weighted by Crippen LogP contribution is 2.23. The highest BCUT2D eigenvalue weighted by molar-refractivity contribution is 5.76. The van der Waals surface area contributed by atoms with Gasteiger partial charge in [-0.25, -0.2) is 9.97 Å². The van der Waals surface area contributed by atoms with Gasteiger partial charge in [-0.05, 0) is 25.5 Å². The van der Waals surface area contributed by atoms with Crippen molar-refractivity contribution in [2.75, 3.05) is 11.9 Å². The van der Waals surface area contributed by atoms with Crippen LogP contribution >= 0.6 is 0 Å². The largest absolute Gasteiger partial charge is 0.370 e. The van der Waals surface area contributed by atoms with Crippen LogP contribution in [0, 0.1) is 0 Å². The number of fused-ring (bicyclic) bond motifs is 1. The number of nitrogens with one attached hydrogen (secondary N) is 1. The Bertz CT molecular complexity index is 749. The van der Waals surface area contributed by atoms with Crippen molar-refractivity contribution in [2.24, 2.45) is 0 Å². The van der Waals surface area contributed by atoms with E-state index in [9.17, 15) is 0 Å². The number of hydrogen-bond acceptors (Lipinski definition) is 5. The zero-order valence-electron chi connectivity index (χ0n) is 12.2. The number of nitrogens with zero attached hydrogens (tertiary/aromatic N) is 5. The summed E-state index contributed by atoms with van der Waals surface area (Å²) in [5, 5.41) is 11.8. The predicted octanol–water partition coefficient (Wildman–Crippen LogP) is 2.59. The van der Waals surface area contributed by atoms with Crippen LogP contribution in [0.25, 0.3) is 16.9 Å². The quantitative estimate of drug-likeness (QED) is 0.779. The molecule has 0 aliphatic rings. The molecule has 0 saturated carbocycles. The second-order valence-corrected chi connectivity index (χ2v) is 4.79. The first-order chi connectivity index (χ1) is 10.3. The maximum Gasteiger partial charge on any atom is 0.164 e. The van der Waals surface area contributed by atoms with Gasteiger partial charge in [-0.2, -0.15) is 4.68 Å². The van der Waals surface area contributed by atoms with Crippen molar-refractivity contribution in [3.8, 4) is 5.82 Å². The van der Waals surface area contributed by atoms with Crippen molar-refractivity contribution in [1.82, 2.24) is 25.0 Å². The molecule has 6 heteroatoms. The Hall–Kier alpha value is -2.50. The van der Waals surface area contributed by atoms with E-state index < -0.39 is 0 Å². The molecule has 0 spiro atoms. The fraction of sp³-hybridized carbons (Fsp3) is 0.333. The van der Waals surface area contributed by atoms with Crippen LogP contribution in [0.15, 0.2) is 30.6 Å². The van der Waals surface area contributed by atoms with Gasteiger partial charge in [0.15, 0.2) is 5.82 Å². The molecule has 0 aliphatic carbocycles. The third kappa shape index (κ3) is 2.44. The Morgan fingerprint density at radius 2 is 2.00 bits per heavy atom. The molecule has 0 atom stereocenters. The highest BCUT2D eigenvalue weighted by atomic mass is 15.4. The molecule has 2 aromatic heterocycles. The summed E-state index contributed by atoms with van der Waals surface area (Å²) in [4.78, 5) is 8.80. The normalized spacial score (nSPS) is 11.0. The molecule has 0 aliphatic heterocycles. The van der Waals surface area contributed by atoms with Gasteiger partial charge in [0.25, 0.3) is 0 Å². The van der Waals surface area contributed by atoms with E-state index in [-0.39, 0.29) is 0 Å². The number of para-hydroxylation sites is 1. The maximum absolute atomic E-state index is 4.44. The molecule has 0 saturated heterocycles. The molecule has 108 valence electrons. The molecule has 3 aromatic rings. The van der Waals surface area contributed by atoms with Crippen LogP contribution in [-0.2, 0) is 6.42 Å². The molecule has 0 amide bonds. The number of benzene rings is 1.